The van der Waals surface area contributed by atoms with Crippen molar-refractivity contribution in [3.05, 3.63) is 54.1 Å². The second-order valence-corrected chi connectivity index (χ2v) is 15.8. The first-order valence-electron chi connectivity index (χ1n) is 19.1. The number of ether oxygens (including phenoxy) is 1. The van der Waals surface area contributed by atoms with E-state index in [1.807, 2.05) is 0 Å². The summed E-state index contributed by atoms with van der Waals surface area (Å²) in [5, 5.41) is 11.0. The molecule has 0 bridgehead atoms. The zero-order chi connectivity index (χ0) is 39.9. The predicted molar refractivity (Wildman–Crippen MR) is 195 cm³/mol. The maximum absolute atomic E-state index is 14.7. The van der Waals surface area contributed by atoms with Crippen LogP contribution in [-0.2, 0) is 24.0 Å². The molecular weight excluding hydrogens is 716 g/mol. The molecule has 1 aliphatic heterocycles. The Morgan fingerprint density at radius 2 is 1.69 bits per heavy atom. The maximum atomic E-state index is 14.7. The van der Waals surface area contributed by atoms with Gasteiger partial charge in [-0.2, -0.15) is 0 Å². The quantitative estimate of drug-likeness (QED) is 0.198. The molecule has 2 saturated carbocycles. The summed E-state index contributed by atoms with van der Waals surface area (Å²) >= 11 is 0. The molecule has 2 heterocycles. The first-order valence-corrected chi connectivity index (χ1v) is 19.1. The molecular formula is C39H51F2N7O7. The number of hydrogen-bond acceptors (Lipinski definition) is 9. The van der Waals surface area contributed by atoms with Gasteiger partial charge in [-0.15, -0.1) is 0 Å². The summed E-state index contributed by atoms with van der Waals surface area (Å²) in [6.07, 6.45) is 9.11. The average Bonchev–Trinajstić information content (AvgIpc) is 3.88. The third-order valence-electron chi connectivity index (χ3n) is 10.3. The normalized spacial score (nSPS) is 20.4. The van der Waals surface area contributed by atoms with Crippen LogP contribution < -0.4 is 26.0 Å². The Kier molecular flexibility index (Phi) is 13.5. The third-order valence-corrected chi connectivity index (χ3v) is 10.3. The van der Waals surface area contributed by atoms with Gasteiger partial charge in [0, 0.05) is 30.9 Å². The number of benzene rings is 1. The Morgan fingerprint density at radius 3 is 2.33 bits per heavy atom. The van der Waals surface area contributed by atoms with Gasteiger partial charge in [-0.1, -0.05) is 53.4 Å². The summed E-state index contributed by atoms with van der Waals surface area (Å²) in [6.45, 7) is 6.75. The lowest BCUT2D eigenvalue weighted by molar-refractivity contribution is -0.145. The molecule has 5 rings (SSSR count). The second kappa shape index (κ2) is 18.1. The molecule has 5 atom stereocenters. The van der Waals surface area contributed by atoms with Crippen LogP contribution in [-0.4, -0.2) is 93.0 Å². The van der Waals surface area contributed by atoms with E-state index in [4.69, 9.17) is 4.74 Å². The van der Waals surface area contributed by atoms with Crippen molar-refractivity contribution in [3.8, 4) is 5.75 Å². The van der Waals surface area contributed by atoms with Crippen molar-refractivity contribution in [2.75, 3.05) is 6.54 Å². The fourth-order valence-electron chi connectivity index (χ4n) is 7.13. The molecule has 1 aromatic heterocycles. The first kappa shape index (κ1) is 41.1. The fraction of sp³-hybridized carbons (Fsp3) is 0.590. The second-order valence-electron chi connectivity index (χ2n) is 15.8. The number of ketones is 1. The fourth-order valence-corrected chi connectivity index (χ4v) is 7.13. The Labute approximate surface area is 319 Å². The van der Waals surface area contributed by atoms with E-state index < -0.39 is 88.4 Å². The van der Waals surface area contributed by atoms with E-state index >= 15 is 0 Å². The third kappa shape index (κ3) is 10.8. The van der Waals surface area contributed by atoms with Gasteiger partial charge in [-0.3, -0.25) is 33.8 Å². The smallest absolute Gasteiger partial charge is 0.289 e. The lowest BCUT2D eigenvalue weighted by atomic mass is 9.82. The van der Waals surface area contributed by atoms with Crippen LogP contribution in [0, 0.1) is 23.0 Å². The minimum atomic E-state index is -1.28. The number of halogens is 2. The van der Waals surface area contributed by atoms with E-state index in [0.29, 0.717) is 19.3 Å². The van der Waals surface area contributed by atoms with Crippen molar-refractivity contribution in [2.24, 2.45) is 11.3 Å². The van der Waals surface area contributed by atoms with Gasteiger partial charge in [0.05, 0.1) is 18.8 Å². The molecule has 2 aromatic rings. The number of carbonyl (C=O) groups excluding carboxylic acids is 6. The van der Waals surface area contributed by atoms with Gasteiger partial charge in [0.15, 0.2) is 11.6 Å². The molecule has 3 fully saturated rings. The molecule has 0 radical (unpaired) electrons. The summed E-state index contributed by atoms with van der Waals surface area (Å²) < 4.78 is 34.6. The topological polar surface area (TPSA) is 189 Å². The average molecular weight is 768 g/mol. The van der Waals surface area contributed by atoms with Gasteiger partial charge >= 0.3 is 0 Å². The van der Waals surface area contributed by atoms with Crippen LogP contribution >= 0.6 is 0 Å². The van der Waals surface area contributed by atoms with Gasteiger partial charge in [0.1, 0.15) is 35.7 Å². The van der Waals surface area contributed by atoms with Crippen LogP contribution in [0.1, 0.15) is 102 Å². The molecule has 1 aromatic carbocycles. The van der Waals surface area contributed by atoms with Crippen molar-refractivity contribution < 1.29 is 42.3 Å². The highest BCUT2D eigenvalue weighted by molar-refractivity contribution is 6.38. The monoisotopic (exact) mass is 767 g/mol. The summed E-state index contributed by atoms with van der Waals surface area (Å²) in [4.78, 5) is 91.3. The first-order chi connectivity index (χ1) is 26.2. The van der Waals surface area contributed by atoms with Crippen LogP contribution in [0.5, 0.6) is 5.75 Å². The van der Waals surface area contributed by atoms with E-state index in [0.717, 1.165) is 50.3 Å². The van der Waals surface area contributed by atoms with Crippen LogP contribution in [0.2, 0.25) is 0 Å². The lowest BCUT2D eigenvalue weighted by Crippen LogP contribution is -2.62. The van der Waals surface area contributed by atoms with Crippen molar-refractivity contribution in [2.45, 2.75) is 128 Å². The number of aromatic nitrogens is 2. The number of likely N-dealkylation sites (tertiary alicyclic amines) is 1. The molecule has 1 saturated heterocycles. The van der Waals surface area contributed by atoms with Crippen LogP contribution in [0.3, 0.4) is 0 Å². The van der Waals surface area contributed by atoms with Crippen LogP contribution in [0.15, 0.2) is 36.8 Å². The highest BCUT2D eigenvalue weighted by atomic mass is 19.1. The molecule has 2 aliphatic carbocycles. The van der Waals surface area contributed by atoms with Crippen molar-refractivity contribution in [1.29, 1.82) is 0 Å². The van der Waals surface area contributed by atoms with Gasteiger partial charge in [-0.05, 0) is 55.6 Å². The summed E-state index contributed by atoms with van der Waals surface area (Å²) in [5.74, 6) is -6.47. The van der Waals surface area contributed by atoms with Gasteiger partial charge in [-0.25, -0.2) is 13.8 Å². The summed E-state index contributed by atoms with van der Waals surface area (Å²) in [5.41, 5.74) is -0.911. The largest absolute Gasteiger partial charge is 0.485 e. The lowest BCUT2D eigenvalue weighted by Gasteiger charge is -2.37. The Morgan fingerprint density at radius 1 is 0.964 bits per heavy atom. The Bertz CT molecular complexity index is 1730. The van der Waals surface area contributed by atoms with Gasteiger partial charge in [0.2, 0.25) is 23.5 Å². The summed E-state index contributed by atoms with van der Waals surface area (Å²) in [6, 6.07) is -2.10. The molecule has 5 amide bonds. The molecule has 16 heteroatoms. The number of hydrogen-bond donors (Lipinski definition) is 4. The molecule has 55 heavy (non-hydrogen) atoms. The molecule has 14 nitrogen and oxygen atoms in total. The predicted octanol–water partition coefficient (Wildman–Crippen LogP) is 3.15. The number of rotatable bonds is 15. The molecule has 0 spiro atoms. The van der Waals surface area contributed by atoms with E-state index in [1.165, 1.54) is 23.5 Å². The Hall–Kier alpha value is -5.02. The number of amides is 5. The minimum absolute atomic E-state index is 0.0242. The van der Waals surface area contributed by atoms with Gasteiger partial charge in [0.25, 0.3) is 11.8 Å². The highest BCUT2D eigenvalue weighted by Crippen LogP contribution is 2.31. The number of nitrogens with one attached hydrogen (secondary N) is 4. The standard InChI is InChI=1S/C39H51F2N7O7/c1-5-9-27(32(49)37(53)44-24-13-14-24)45-35(51)29-19-25(55-30-18-23(40)12-15-26(30)41)21-48(29)38(54)33(39(2,3)4)47-36(52)31(22-10-7-6-8-11-22)46-34(50)28-20-42-16-17-43-28/h12,15-18,20,22,24-25,27,29,31,33H,5-11,13-14,19,21H2,1-4H3,(H,44,53)(H,45,51)(H,46,50)(H,47,52)/t25-,27+,29?,31+,33-/m1/s1. The molecule has 1 unspecified atom stereocenters. The van der Waals surface area contributed by atoms with Crippen molar-refractivity contribution in [3.63, 3.8) is 0 Å². The van der Waals surface area contributed by atoms with E-state index in [-0.39, 0.29) is 37.0 Å². The SMILES string of the molecule is CCC[C@H](NC(=O)C1C[C@@H](Oc2cc(F)ccc2F)CN1C(=O)[C@@H](NC(=O)[C@@H](NC(=O)c1cnccn1)C1CCCCC1)C(C)(C)C)C(=O)C(=O)NC1CC1. The van der Waals surface area contributed by atoms with Gasteiger partial charge < -0.3 is 30.9 Å². The van der Waals surface area contributed by atoms with Crippen molar-refractivity contribution >= 4 is 35.3 Å². The van der Waals surface area contributed by atoms with Crippen LogP contribution in [0.4, 0.5) is 8.78 Å². The van der Waals surface area contributed by atoms with Crippen LogP contribution in [0.25, 0.3) is 0 Å². The Balaban J connectivity index is 1.41. The molecule has 298 valence electrons. The zero-order valence-electron chi connectivity index (χ0n) is 31.7. The van der Waals surface area contributed by atoms with Crippen molar-refractivity contribution in [1.82, 2.24) is 36.1 Å². The number of Topliss-reactive ketones (excluding diaryl/α,β-unsaturated/α-hetero) is 1. The number of nitrogens with zero attached hydrogens (tertiary/aromatic N) is 3. The van der Waals surface area contributed by atoms with E-state index in [2.05, 4.69) is 31.2 Å². The molecule has 3 aliphatic rings. The highest BCUT2D eigenvalue weighted by Gasteiger charge is 2.47. The minimum Gasteiger partial charge on any atom is -0.485 e. The van der Waals surface area contributed by atoms with E-state index in [1.54, 1.807) is 27.7 Å². The maximum Gasteiger partial charge on any atom is 0.289 e. The van der Waals surface area contributed by atoms with E-state index in [9.17, 15) is 37.5 Å². The molecule has 4 N–H and O–H groups in total. The summed E-state index contributed by atoms with van der Waals surface area (Å²) in [7, 11) is 0. The number of carbonyl (C=O) groups is 6. The zero-order valence-corrected chi connectivity index (χ0v) is 31.7.